The first-order valence-electron chi connectivity index (χ1n) is 7.08. The Morgan fingerprint density at radius 1 is 1.32 bits per heavy atom. The number of carboxylic acids is 1. The van der Waals surface area contributed by atoms with Crippen molar-refractivity contribution < 1.29 is 9.90 Å². The lowest BCUT2D eigenvalue weighted by molar-refractivity contribution is -0.137. The van der Waals surface area contributed by atoms with Crippen LogP contribution < -0.4 is 0 Å². The van der Waals surface area contributed by atoms with E-state index in [-0.39, 0.29) is 11.8 Å². The van der Waals surface area contributed by atoms with E-state index >= 15 is 0 Å². The van der Waals surface area contributed by atoms with Crippen LogP contribution in [0.1, 0.15) is 31.7 Å². The van der Waals surface area contributed by atoms with Gasteiger partial charge in [-0.05, 0) is 36.2 Å². The van der Waals surface area contributed by atoms with Crippen LogP contribution in [-0.4, -0.2) is 11.1 Å². The highest BCUT2D eigenvalue weighted by Crippen LogP contribution is 2.58. The SMILES string of the molecule is CC1(c2ccccc2)C2C=CC(C2)C1CCC(=O)O. The summed E-state index contributed by atoms with van der Waals surface area (Å²) >= 11 is 0. The predicted molar refractivity (Wildman–Crippen MR) is 74.9 cm³/mol. The van der Waals surface area contributed by atoms with Crippen LogP contribution in [0.25, 0.3) is 0 Å². The van der Waals surface area contributed by atoms with Gasteiger partial charge in [0.2, 0.25) is 0 Å². The topological polar surface area (TPSA) is 37.3 Å². The second kappa shape index (κ2) is 4.52. The summed E-state index contributed by atoms with van der Waals surface area (Å²) in [6.07, 6.45) is 6.91. The molecule has 2 heteroatoms. The second-order valence-corrected chi connectivity index (χ2v) is 6.08. The highest BCUT2D eigenvalue weighted by atomic mass is 16.4. The van der Waals surface area contributed by atoms with Gasteiger partial charge in [-0.15, -0.1) is 0 Å². The molecule has 0 spiro atoms. The number of carboxylic acid groups (broad SMARTS) is 1. The first-order valence-corrected chi connectivity index (χ1v) is 7.08. The van der Waals surface area contributed by atoms with Crippen molar-refractivity contribution in [2.75, 3.05) is 0 Å². The molecule has 0 radical (unpaired) electrons. The Bertz CT molecular complexity index is 505. The van der Waals surface area contributed by atoms with Crippen molar-refractivity contribution in [2.45, 2.75) is 31.6 Å². The average Bonchev–Trinajstić information content (AvgIpc) is 2.98. The van der Waals surface area contributed by atoms with E-state index in [2.05, 4.69) is 43.3 Å². The summed E-state index contributed by atoms with van der Waals surface area (Å²) in [5, 5.41) is 8.97. The minimum absolute atomic E-state index is 0.107. The van der Waals surface area contributed by atoms with Gasteiger partial charge in [-0.1, -0.05) is 49.4 Å². The number of aliphatic carboxylic acids is 1. The summed E-state index contributed by atoms with van der Waals surface area (Å²) in [4.78, 5) is 10.9. The second-order valence-electron chi connectivity index (χ2n) is 6.08. The van der Waals surface area contributed by atoms with E-state index in [9.17, 15) is 4.79 Å². The Labute approximate surface area is 114 Å². The maximum absolute atomic E-state index is 10.9. The molecule has 0 aromatic heterocycles. The van der Waals surface area contributed by atoms with E-state index in [1.807, 2.05) is 6.07 Å². The molecule has 19 heavy (non-hydrogen) atoms. The van der Waals surface area contributed by atoms with E-state index in [4.69, 9.17) is 5.11 Å². The third-order valence-electron chi connectivity index (χ3n) is 5.24. The lowest BCUT2D eigenvalue weighted by Crippen LogP contribution is -2.36. The molecule has 1 fully saturated rings. The van der Waals surface area contributed by atoms with Gasteiger partial charge in [-0.2, -0.15) is 0 Å². The predicted octanol–water partition coefficient (Wildman–Crippen LogP) is 3.63. The minimum atomic E-state index is -0.679. The van der Waals surface area contributed by atoms with Gasteiger partial charge in [0.1, 0.15) is 0 Å². The van der Waals surface area contributed by atoms with Crippen molar-refractivity contribution in [3.05, 3.63) is 48.0 Å². The Hall–Kier alpha value is -1.57. The molecule has 4 unspecified atom stereocenters. The van der Waals surface area contributed by atoms with Gasteiger partial charge >= 0.3 is 5.97 Å². The fraction of sp³-hybridized carbons (Fsp3) is 0.471. The molecule has 1 aromatic carbocycles. The first-order chi connectivity index (χ1) is 9.12. The van der Waals surface area contributed by atoms with Crippen molar-refractivity contribution >= 4 is 5.97 Å². The molecule has 2 aliphatic rings. The number of hydrogen-bond donors (Lipinski definition) is 1. The van der Waals surface area contributed by atoms with Crippen LogP contribution in [0.15, 0.2) is 42.5 Å². The molecule has 2 nitrogen and oxygen atoms in total. The quantitative estimate of drug-likeness (QED) is 0.835. The molecule has 0 saturated heterocycles. The third-order valence-corrected chi connectivity index (χ3v) is 5.24. The monoisotopic (exact) mass is 256 g/mol. The summed E-state index contributed by atoms with van der Waals surface area (Å²) in [7, 11) is 0. The molecule has 0 heterocycles. The van der Waals surface area contributed by atoms with Crippen molar-refractivity contribution in [3.8, 4) is 0 Å². The number of carbonyl (C=O) groups is 1. The van der Waals surface area contributed by atoms with E-state index in [0.29, 0.717) is 17.8 Å². The highest BCUT2D eigenvalue weighted by Gasteiger charge is 2.53. The van der Waals surface area contributed by atoms with E-state index in [1.54, 1.807) is 0 Å². The van der Waals surface area contributed by atoms with Crippen LogP contribution in [0, 0.1) is 17.8 Å². The minimum Gasteiger partial charge on any atom is -0.481 e. The maximum Gasteiger partial charge on any atom is 0.303 e. The maximum atomic E-state index is 10.9. The summed E-state index contributed by atoms with van der Waals surface area (Å²) in [6, 6.07) is 10.6. The van der Waals surface area contributed by atoms with Gasteiger partial charge in [0, 0.05) is 11.8 Å². The lowest BCUT2D eigenvalue weighted by atomic mass is 9.64. The molecule has 2 aliphatic carbocycles. The van der Waals surface area contributed by atoms with Gasteiger partial charge in [-0.25, -0.2) is 0 Å². The summed E-state index contributed by atoms with van der Waals surface area (Å²) < 4.78 is 0. The smallest absolute Gasteiger partial charge is 0.303 e. The normalized spacial score (nSPS) is 35.7. The van der Waals surface area contributed by atoms with Crippen LogP contribution in [0.5, 0.6) is 0 Å². The van der Waals surface area contributed by atoms with Gasteiger partial charge in [-0.3, -0.25) is 4.79 Å². The van der Waals surface area contributed by atoms with E-state index in [1.165, 1.54) is 12.0 Å². The Morgan fingerprint density at radius 2 is 2.05 bits per heavy atom. The largest absolute Gasteiger partial charge is 0.481 e. The molecule has 0 aliphatic heterocycles. The summed E-state index contributed by atoms with van der Waals surface area (Å²) in [5.74, 6) is 0.913. The van der Waals surface area contributed by atoms with E-state index in [0.717, 1.165) is 6.42 Å². The number of benzene rings is 1. The first kappa shape index (κ1) is 12.5. The third kappa shape index (κ3) is 1.90. The van der Waals surface area contributed by atoms with Crippen molar-refractivity contribution in [2.24, 2.45) is 17.8 Å². The van der Waals surface area contributed by atoms with Crippen LogP contribution in [-0.2, 0) is 10.2 Å². The Morgan fingerprint density at radius 3 is 2.74 bits per heavy atom. The van der Waals surface area contributed by atoms with Crippen LogP contribution in [0.2, 0.25) is 0 Å². The molecule has 1 N–H and O–H groups in total. The average molecular weight is 256 g/mol. The number of hydrogen-bond acceptors (Lipinski definition) is 1. The van der Waals surface area contributed by atoms with Crippen LogP contribution >= 0.6 is 0 Å². The standard InChI is InChI=1S/C17H20O2/c1-17(13-5-3-2-4-6-13)14-8-7-12(11-14)15(17)9-10-16(18)19/h2-8,12,14-15H,9-11H2,1H3,(H,18,19). The van der Waals surface area contributed by atoms with Gasteiger partial charge in [0.25, 0.3) is 0 Å². The molecular weight excluding hydrogens is 236 g/mol. The summed E-state index contributed by atoms with van der Waals surface area (Å²) in [5.41, 5.74) is 1.47. The fourth-order valence-electron chi connectivity index (χ4n) is 4.21. The van der Waals surface area contributed by atoms with Gasteiger partial charge < -0.3 is 5.11 Å². The number of fused-ring (bicyclic) bond motifs is 2. The molecule has 2 bridgehead atoms. The van der Waals surface area contributed by atoms with Gasteiger partial charge in [0.05, 0.1) is 0 Å². The molecule has 1 aromatic rings. The highest BCUT2D eigenvalue weighted by molar-refractivity contribution is 5.66. The van der Waals surface area contributed by atoms with Crippen molar-refractivity contribution in [1.29, 1.82) is 0 Å². The molecule has 4 atom stereocenters. The van der Waals surface area contributed by atoms with Gasteiger partial charge in [0.15, 0.2) is 0 Å². The Kier molecular flexibility index (Phi) is 2.96. The molecule has 100 valence electrons. The number of allylic oxidation sites excluding steroid dienone is 2. The number of rotatable bonds is 4. The molecule has 0 amide bonds. The molecular formula is C17H20O2. The van der Waals surface area contributed by atoms with Crippen molar-refractivity contribution in [3.63, 3.8) is 0 Å². The zero-order valence-electron chi connectivity index (χ0n) is 11.3. The zero-order valence-corrected chi connectivity index (χ0v) is 11.3. The van der Waals surface area contributed by atoms with Crippen LogP contribution in [0.3, 0.4) is 0 Å². The lowest BCUT2D eigenvalue weighted by Gasteiger charge is -2.39. The Balaban J connectivity index is 1.93. The molecule has 3 rings (SSSR count). The molecule has 1 saturated carbocycles. The zero-order chi connectivity index (χ0) is 13.5. The summed E-state index contributed by atoms with van der Waals surface area (Å²) in [6.45, 7) is 2.32. The fourth-order valence-corrected chi connectivity index (χ4v) is 4.21. The van der Waals surface area contributed by atoms with Crippen molar-refractivity contribution in [1.82, 2.24) is 0 Å². The van der Waals surface area contributed by atoms with E-state index < -0.39 is 5.97 Å². The van der Waals surface area contributed by atoms with Crippen LogP contribution in [0.4, 0.5) is 0 Å².